The van der Waals surface area contributed by atoms with Crippen molar-refractivity contribution in [2.75, 3.05) is 0 Å². The van der Waals surface area contributed by atoms with Crippen molar-refractivity contribution in [2.45, 2.75) is 45.1 Å². The summed E-state index contributed by atoms with van der Waals surface area (Å²) < 4.78 is 0. The number of rotatable bonds is 5. The summed E-state index contributed by atoms with van der Waals surface area (Å²) in [6.45, 7) is 7.76. The first-order valence-electron chi connectivity index (χ1n) is 4.38. The van der Waals surface area contributed by atoms with E-state index in [-0.39, 0.29) is 0 Å². The van der Waals surface area contributed by atoms with E-state index in [4.69, 9.17) is 0 Å². The van der Waals surface area contributed by atoms with Crippen molar-refractivity contribution in [1.29, 1.82) is 0 Å². The summed E-state index contributed by atoms with van der Waals surface area (Å²) in [4.78, 5) is 0. The molecule has 0 aliphatic rings. The van der Waals surface area contributed by atoms with E-state index in [0.29, 0.717) is 0 Å². The zero-order valence-corrected chi connectivity index (χ0v) is 7.64. The molecule has 0 rings (SSSR count). The maximum absolute atomic E-state index is 9.88. The molecular formula is C10H19O. The lowest BCUT2D eigenvalue weighted by molar-refractivity contribution is 0.0706. The molecule has 11 heavy (non-hydrogen) atoms. The first kappa shape index (κ1) is 10.7. The molecule has 0 amide bonds. The van der Waals surface area contributed by atoms with Gasteiger partial charge < -0.3 is 5.11 Å². The van der Waals surface area contributed by atoms with Crippen LogP contribution in [0.1, 0.15) is 39.5 Å². The molecule has 0 unspecified atom stereocenters. The van der Waals surface area contributed by atoms with Crippen LogP contribution in [-0.4, -0.2) is 10.7 Å². The van der Waals surface area contributed by atoms with Crippen LogP contribution in [0.3, 0.4) is 0 Å². The fraction of sp³-hybridized carbons (Fsp3) is 0.700. The second-order valence-electron chi connectivity index (χ2n) is 3.01. The Kier molecular flexibility index (Phi) is 5.22. The largest absolute Gasteiger partial charge is 0.386 e. The molecule has 65 valence electrons. The molecule has 0 spiro atoms. The lowest BCUT2D eigenvalue weighted by Gasteiger charge is -2.23. The third-order valence-corrected chi connectivity index (χ3v) is 1.79. The summed E-state index contributed by atoms with van der Waals surface area (Å²) in [7, 11) is 0. The molecule has 0 saturated heterocycles. The molecule has 1 heteroatoms. The van der Waals surface area contributed by atoms with Crippen molar-refractivity contribution in [3.05, 3.63) is 19.1 Å². The van der Waals surface area contributed by atoms with E-state index >= 15 is 0 Å². The topological polar surface area (TPSA) is 20.2 Å². The van der Waals surface area contributed by atoms with E-state index in [1.807, 2.05) is 0 Å². The quantitative estimate of drug-likeness (QED) is 0.647. The second-order valence-corrected chi connectivity index (χ2v) is 3.01. The molecule has 0 heterocycles. The van der Waals surface area contributed by atoms with Crippen LogP contribution in [-0.2, 0) is 0 Å². The Morgan fingerprint density at radius 3 is 2.00 bits per heavy atom. The van der Waals surface area contributed by atoms with Crippen LogP contribution in [0.5, 0.6) is 0 Å². The summed E-state index contributed by atoms with van der Waals surface area (Å²) in [5.74, 6) is 0. The van der Waals surface area contributed by atoms with Crippen molar-refractivity contribution >= 4 is 0 Å². The highest BCUT2D eigenvalue weighted by atomic mass is 16.3. The maximum atomic E-state index is 9.88. The van der Waals surface area contributed by atoms with Crippen LogP contribution in [0.25, 0.3) is 0 Å². The number of hydrogen-bond acceptors (Lipinski definition) is 1. The summed E-state index contributed by atoms with van der Waals surface area (Å²) in [6, 6.07) is 0. The fourth-order valence-electron chi connectivity index (χ4n) is 1.38. The van der Waals surface area contributed by atoms with Crippen LogP contribution in [0.15, 0.2) is 12.2 Å². The Morgan fingerprint density at radius 2 is 1.73 bits per heavy atom. The van der Waals surface area contributed by atoms with E-state index in [0.717, 1.165) is 25.7 Å². The van der Waals surface area contributed by atoms with Crippen LogP contribution in [0.2, 0.25) is 0 Å². The van der Waals surface area contributed by atoms with E-state index in [2.05, 4.69) is 20.8 Å². The Morgan fingerprint density at radius 1 is 1.27 bits per heavy atom. The van der Waals surface area contributed by atoms with Crippen LogP contribution < -0.4 is 0 Å². The van der Waals surface area contributed by atoms with Gasteiger partial charge in [0.15, 0.2) is 0 Å². The average Bonchev–Trinajstić information content (AvgIpc) is 1.88. The van der Waals surface area contributed by atoms with E-state index in [1.54, 1.807) is 12.2 Å². The summed E-state index contributed by atoms with van der Waals surface area (Å²) in [5, 5.41) is 9.88. The van der Waals surface area contributed by atoms with Gasteiger partial charge in [-0.15, -0.1) is 0 Å². The van der Waals surface area contributed by atoms with Crippen molar-refractivity contribution in [3.8, 4) is 0 Å². The van der Waals surface area contributed by atoms with Crippen molar-refractivity contribution < 1.29 is 5.11 Å². The minimum absolute atomic E-state index is 0.592. The van der Waals surface area contributed by atoms with Gasteiger partial charge in [0.05, 0.1) is 5.60 Å². The van der Waals surface area contributed by atoms with Crippen LogP contribution in [0.4, 0.5) is 0 Å². The molecule has 1 nitrogen and oxygen atoms in total. The Hall–Kier alpha value is -0.300. The molecule has 0 bridgehead atoms. The fourth-order valence-corrected chi connectivity index (χ4v) is 1.38. The van der Waals surface area contributed by atoms with Crippen molar-refractivity contribution in [1.82, 2.24) is 0 Å². The molecule has 0 fully saturated rings. The van der Waals surface area contributed by atoms with Gasteiger partial charge >= 0.3 is 0 Å². The molecule has 0 aromatic rings. The van der Waals surface area contributed by atoms with Crippen molar-refractivity contribution in [3.63, 3.8) is 0 Å². The van der Waals surface area contributed by atoms with Gasteiger partial charge in [-0.2, -0.15) is 0 Å². The minimum atomic E-state index is -0.592. The Bertz CT molecular complexity index is 110. The SMILES string of the molecule is [CH2]/C=C/C(O)(CCC)CCC. The van der Waals surface area contributed by atoms with E-state index < -0.39 is 5.60 Å². The van der Waals surface area contributed by atoms with Crippen LogP contribution in [0, 0.1) is 6.92 Å². The van der Waals surface area contributed by atoms with Gasteiger partial charge in [-0.1, -0.05) is 38.8 Å². The highest BCUT2D eigenvalue weighted by Crippen LogP contribution is 2.20. The van der Waals surface area contributed by atoms with Gasteiger partial charge in [-0.25, -0.2) is 0 Å². The van der Waals surface area contributed by atoms with Gasteiger partial charge in [-0.05, 0) is 19.8 Å². The predicted octanol–water partition coefficient (Wildman–Crippen LogP) is 2.71. The predicted molar refractivity (Wildman–Crippen MR) is 49.3 cm³/mol. The molecule has 0 aromatic heterocycles. The summed E-state index contributed by atoms with van der Waals surface area (Å²) >= 11 is 0. The number of aliphatic hydroxyl groups is 1. The van der Waals surface area contributed by atoms with Gasteiger partial charge in [0.25, 0.3) is 0 Å². The Balaban J connectivity index is 4.01. The van der Waals surface area contributed by atoms with Crippen molar-refractivity contribution in [2.24, 2.45) is 0 Å². The van der Waals surface area contributed by atoms with E-state index in [1.165, 1.54) is 0 Å². The molecule has 0 atom stereocenters. The second kappa shape index (κ2) is 5.36. The Labute approximate surface area is 70.1 Å². The molecular weight excluding hydrogens is 136 g/mol. The molecule has 0 aliphatic carbocycles. The highest BCUT2D eigenvalue weighted by molar-refractivity contribution is 5.01. The minimum Gasteiger partial charge on any atom is -0.386 e. The zero-order valence-electron chi connectivity index (χ0n) is 7.64. The van der Waals surface area contributed by atoms with Gasteiger partial charge in [0.2, 0.25) is 0 Å². The summed E-state index contributed by atoms with van der Waals surface area (Å²) in [6.07, 6.45) is 7.20. The van der Waals surface area contributed by atoms with E-state index in [9.17, 15) is 5.11 Å². The van der Waals surface area contributed by atoms with Gasteiger partial charge in [0.1, 0.15) is 0 Å². The average molecular weight is 155 g/mol. The lowest BCUT2D eigenvalue weighted by atomic mass is 9.92. The normalized spacial score (nSPS) is 12.7. The highest BCUT2D eigenvalue weighted by Gasteiger charge is 2.19. The smallest absolute Gasteiger partial charge is 0.0827 e. The maximum Gasteiger partial charge on any atom is 0.0827 e. The lowest BCUT2D eigenvalue weighted by Crippen LogP contribution is -2.24. The van der Waals surface area contributed by atoms with Gasteiger partial charge in [0, 0.05) is 0 Å². The molecule has 1 N–H and O–H groups in total. The third-order valence-electron chi connectivity index (χ3n) is 1.79. The number of allylic oxidation sites excluding steroid dienone is 1. The monoisotopic (exact) mass is 155 g/mol. The third kappa shape index (κ3) is 4.20. The van der Waals surface area contributed by atoms with Crippen LogP contribution >= 0.6 is 0 Å². The zero-order chi connectivity index (χ0) is 8.74. The number of hydrogen-bond donors (Lipinski definition) is 1. The molecule has 0 saturated carbocycles. The first-order chi connectivity index (χ1) is 5.18. The standard InChI is InChI=1S/C10H19O/c1-4-7-10(11,8-5-2)9-6-3/h4,7,11H,1,5-6,8-9H2,2-3H3/b7-4+. The molecule has 0 aliphatic heterocycles. The molecule has 1 radical (unpaired) electrons. The first-order valence-corrected chi connectivity index (χ1v) is 4.38. The van der Waals surface area contributed by atoms with Gasteiger partial charge in [-0.3, -0.25) is 0 Å². The summed E-state index contributed by atoms with van der Waals surface area (Å²) in [5.41, 5.74) is -0.592. The molecule has 0 aromatic carbocycles.